The van der Waals surface area contributed by atoms with Crippen LogP contribution in [0.5, 0.6) is 5.75 Å². The molecule has 1 heterocycles. The summed E-state index contributed by atoms with van der Waals surface area (Å²) < 4.78 is 7.10. The number of carbonyl (C=O) groups excluding carboxylic acids is 2. The van der Waals surface area contributed by atoms with Crippen LogP contribution in [0, 0.1) is 3.57 Å². The molecular formula is C18H13BrINO3S. The van der Waals surface area contributed by atoms with Crippen molar-refractivity contribution in [2.75, 3.05) is 7.11 Å². The first-order valence-corrected chi connectivity index (χ1v) is 10.00. The van der Waals surface area contributed by atoms with Gasteiger partial charge in [-0.25, -0.2) is 0 Å². The molecule has 2 aromatic carbocycles. The number of imide groups is 1. The molecule has 0 N–H and O–H groups in total. The lowest BCUT2D eigenvalue weighted by molar-refractivity contribution is -0.123. The van der Waals surface area contributed by atoms with Gasteiger partial charge in [0.25, 0.3) is 11.1 Å². The van der Waals surface area contributed by atoms with E-state index in [1.165, 1.54) is 4.90 Å². The van der Waals surface area contributed by atoms with Crippen molar-refractivity contribution >= 4 is 67.5 Å². The second kappa shape index (κ2) is 7.92. The zero-order valence-corrected chi connectivity index (χ0v) is 17.7. The third-order valence-corrected chi connectivity index (χ3v) is 5.85. The van der Waals surface area contributed by atoms with Crippen molar-refractivity contribution in [2.24, 2.45) is 0 Å². The van der Waals surface area contributed by atoms with E-state index in [0.29, 0.717) is 10.7 Å². The quantitative estimate of drug-likeness (QED) is 0.398. The van der Waals surface area contributed by atoms with Gasteiger partial charge in [0.2, 0.25) is 0 Å². The fourth-order valence-corrected chi connectivity index (χ4v) is 4.09. The number of benzene rings is 2. The molecule has 0 spiro atoms. The minimum Gasteiger partial charge on any atom is -0.496 e. The highest BCUT2D eigenvalue weighted by molar-refractivity contribution is 14.1. The first-order valence-electron chi connectivity index (χ1n) is 7.31. The number of rotatable bonds is 4. The van der Waals surface area contributed by atoms with E-state index in [4.69, 9.17) is 4.74 Å². The van der Waals surface area contributed by atoms with E-state index in [0.717, 1.165) is 30.9 Å². The Morgan fingerprint density at radius 3 is 2.56 bits per heavy atom. The van der Waals surface area contributed by atoms with Gasteiger partial charge in [0, 0.05) is 3.57 Å². The smallest absolute Gasteiger partial charge is 0.293 e. The Hall–Kier alpha value is -1.32. The minimum absolute atomic E-state index is 0.248. The molecule has 0 bridgehead atoms. The number of nitrogens with zero attached hydrogens (tertiary/aromatic N) is 1. The summed E-state index contributed by atoms with van der Waals surface area (Å²) >= 11 is 6.61. The second-order valence-corrected chi connectivity index (χ2v) is 8.38. The highest BCUT2D eigenvalue weighted by Crippen LogP contribution is 2.34. The van der Waals surface area contributed by atoms with E-state index < -0.39 is 0 Å². The summed E-state index contributed by atoms with van der Waals surface area (Å²) in [4.78, 5) is 26.5. The normalized spacial score (nSPS) is 16.0. The van der Waals surface area contributed by atoms with Gasteiger partial charge in [-0.15, -0.1) is 0 Å². The van der Waals surface area contributed by atoms with Crippen LogP contribution in [0.3, 0.4) is 0 Å². The van der Waals surface area contributed by atoms with Crippen LogP contribution in [0.2, 0.25) is 0 Å². The second-order valence-electron chi connectivity index (χ2n) is 5.29. The van der Waals surface area contributed by atoms with E-state index in [1.807, 2.05) is 42.5 Å². The highest BCUT2D eigenvalue weighted by atomic mass is 127. The van der Waals surface area contributed by atoms with E-state index in [2.05, 4.69) is 38.5 Å². The summed E-state index contributed by atoms with van der Waals surface area (Å²) in [6, 6.07) is 13.3. The summed E-state index contributed by atoms with van der Waals surface area (Å²) in [6.07, 6.45) is 1.73. The van der Waals surface area contributed by atoms with Crippen molar-refractivity contribution < 1.29 is 14.3 Å². The van der Waals surface area contributed by atoms with Crippen LogP contribution in [0.25, 0.3) is 6.08 Å². The predicted molar refractivity (Wildman–Crippen MR) is 111 cm³/mol. The fourth-order valence-electron chi connectivity index (χ4n) is 2.33. The zero-order chi connectivity index (χ0) is 18.0. The molecule has 0 radical (unpaired) electrons. The SMILES string of the molecule is COc1ccc(/C=C2/SC(=O)N(Cc3ccc(I)cc3)C2=O)cc1Br. The maximum atomic E-state index is 12.6. The van der Waals surface area contributed by atoms with Gasteiger partial charge < -0.3 is 4.74 Å². The lowest BCUT2D eigenvalue weighted by Crippen LogP contribution is -2.27. The molecule has 2 aromatic rings. The van der Waals surface area contributed by atoms with Gasteiger partial charge in [-0.1, -0.05) is 18.2 Å². The number of amides is 2. The van der Waals surface area contributed by atoms with Crippen LogP contribution in [-0.4, -0.2) is 23.2 Å². The van der Waals surface area contributed by atoms with Crippen molar-refractivity contribution in [2.45, 2.75) is 6.54 Å². The van der Waals surface area contributed by atoms with Crippen LogP contribution < -0.4 is 4.74 Å². The standard InChI is InChI=1S/C18H13BrINO3S/c1-24-15-7-4-12(8-14(15)19)9-16-17(22)21(18(23)25-16)10-11-2-5-13(20)6-3-11/h2-9H,10H2,1H3/b16-9+. The molecule has 128 valence electrons. The molecule has 3 rings (SSSR count). The fraction of sp³-hybridized carbons (Fsp3) is 0.111. The number of carbonyl (C=O) groups is 2. The molecule has 0 aliphatic carbocycles. The van der Waals surface area contributed by atoms with E-state index >= 15 is 0 Å². The van der Waals surface area contributed by atoms with Gasteiger partial charge >= 0.3 is 0 Å². The topological polar surface area (TPSA) is 46.6 Å². The number of halogens is 2. The monoisotopic (exact) mass is 529 g/mol. The number of thioether (sulfide) groups is 1. The molecule has 2 amide bonds. The first-order chi connectivity index (χ1) is 12.0. The molecule has 4 nitrogen and oxygen atoms in total. The van der Waals surface area contributed by atoms with Crippen molar-refractivity contribution in [3.05, 3.63) is 66.5 Å². The lowest BCUT2D eigenvalue weighted by atomic mass is 10.2. The highest BCUT2D eigenvalue weighted by Gasteiger charge is 2.34. The molecule has 0 unspecified atom stereocenters. The third kappa shape index (κ3) is 4.27. The largest absolute Gasteiger partial charge is 0.496 e. The van der Waals surface area contributed by atoms with Crippen LogP contribution in [-0.2, 0) is 11.3 Å². The van der Waals surface area contributed by atoms with Gasteiger partial charge in [-0.2, -0.15) is 0 Å². The van der Waals surface area contributed by atoms with Gasteiger partial charge in [-0.05, 0) is 91.8 Å². The number of ether oxygens (including phenoxy) is 1. The molecule has 1 saturated heterocycles. The summed E-state index contributed by atoms with van der Waals surface area (Å²) in [5, 5.41) is -0.248. The molecule has 1 aliphatic rings. The molecular weight excluding hydrogens is 517 g/mol. The number of methoxy groups -OCH3 is 1. The Morgan fingerprint density at radius 1 is 1.20 bits per heavy atom. The predicted octanol–water partition coefficient (Wildman–Crippen LogP) is 5.30. The molecule has 1 aliphatic heterocycles. The van der Waals surface area contributed by atoms with Gasteiger partial charge in [-0.3, -0.25) is 14.5 Å². The summed E-state index contributed by atoms with van der Waals surface area (Å²) in [6.45, 7) is 0.283. The Kier molecular flexibility index (Phi) is 5.85. The van der Waals surface area contributed by atoms with E-state index in [1.54, 1.807) is 13.2 Å². The summed E-state index contributed by atoms with van der Waals surface area (Å²) in [5.74, 6) is 0.449. The third-order valence-electron chi connectivity index (χ3n) is 3.60. The Bertz CT molecular complexity index is 867. The van der Waals surface area contributed by atoms with Crippen LogP contribution in [0.1, 0.15) is 11.1 Å². The van der Waals surface area contributed by atoms with Crippen LogP contribution >= 0.6 is 50.3 Å². The maximum Gasteiger partial charge on any atom is 0.293 e. The number of hydrogen-bond acceptors (Lipinski definition) is 4. The lowest BCUT2D eigenvalue weighted by Gasteiger charge is -2.12. The van der Waals surface area contributed by atoms with Crippen molar-refractivity contribution in [1.29, 1.82) is 0 Å². The molecule has 7 heteroatoms. The van der Waals surface area contributed by atoms with E-state index in [-0.39, 0.29) is 17.7 Å². The van der Waals surface area contributed by atoms with Gasteiger partial charge in [0.05, 0.1) is 23.0 Å². The Labute approximate surface area is 171 Å². The van der Waals surface area contributed by atoms with Crippen LogP contribution in [0.15, 0.2) is 51.8 Å². The summed E-state index contributed by atoms with van der Waals surface area (Å²) in [7, 11) is 1.59. The summed E-state index contributed by atoms with van der Waals surface area (Å²) in [5.41, 5.74) is 1.75. The van der Waals surface area contributed by atoms with Crippen molar-refractivity contribution in [3.8, 4) is 5.75 Å². The van der Waals surface area contributed by atoms with Gasteiger partial charge in [0.15, 0.2) is 0 Å². The van der Waals surface area contributed by atoms with Gasteiger partial charge in [0.1, 0.15) is 5.75 Å². The maximum absolute atomic E-state index is 12.6. The average molecular weight is 530 g/mol. The molecule has 0 saturated carbocycles. The van der Waals surface area contributed by atoms with Crippen molar-refractivity contribution in [3.63, 3.8) is 0 Å². The Morgan fingerprint density at radius 2 is 1.92 bits per heavy atom. The first kappa shape index (κ1) is 18.5. The van der Waals surface area contributed by atoms with E-state index in [9.17, 15) is 9.59 Å². The molecule has 0 aromatic heterocycles. The average Bonchev–Trinajstić information content (AvgIpc) is 2.84. The molecule has 25 heavy (non-hydrogen) atoms. The van der Waals surface area contributed by atoms with Crippen molar-refractivity contribution in [1.82, 2.24) is 4.90 Å². The molecule has 1 fully saturated rings. The Balaban J connectivity index is 1.80. The minimum atomic E-state index is -0.263. The zero-order valence-electron chi connectivity index (χ0n) is 13.2. The number of hydrogen-bond donors (Lipinski definition) is 0. The molecule has 0 atom stereocenters. The van der Waals surface area contributed by atoms with Crippen LogP contribution in [0.4, 0.5) is 4.79 Å².